The molecule has 0 fully saturated rings. The molecule has 0 radical (unpaired) electrons. The quantitative estimate of drug-likeness (QED) is 0.585. The highest BCUT2D eigenvalue weighted by atomic mass is 28.4. The van der Waals surface area contributed by atoms with Gasteiger partial charge in [-0.1, -0.05) is 6.92 Å². The molecule has 0 atom stereocenters. The van der Waals surface area contributed by atoms with Gasteiger partial charge in [0.15, 0.2) is 0 Å². The van der Waals surface area contributed by atoms with Crippen molar-refractivity contribution in [2.75, 3.05) is 21.3 Å². The van der Waals surface area contributed by atoms with E-state index in [1.165, 1.54) is 21.3 Å². The van der Waals surface area contributed by atoms with Crippen LogP contribution in [-0.4, -0.2) is 35.9 Å². The van der Waals surface area contributed by atoms with Gasteiger partial charge in [0.05, 0.1) is 6.04 Å². The van der Waals surface area contributed by atoms with Crippen LogP contribution in [0.2, 0.25) is 6.04 Å². The van der Waals surface area contributed by atoms with Crippen LogP contribution in [0.4, 0.5) is 0 Å². The molecule has 0 aliphatic rings. The van der Waals surface area contributed by atoms with Crippen LogP contribution in [0, 0.1) is 0 Å². The molecule has 12 heavy (non-hydrogen) atoms. The van der Waals surface area contributed by atoms with Crippen molar-refractivity contribution >= 4 is 14.6 Å². The number of rotatable bonds is 6. The van der Waals surface area contributed by atoms with Crippen molar-refractivity contribution in [1.29, 1.82) is 0 Å². The van der Waals surface area contributed by atoms with E-state index >= 15 is 0 Å². The first kappa shape index (κ1) is 11.8. The fourth-order valence-corrected chi connectivity index (χ4v) is 2.50. The van der Waals surface area contributed by atoms with Crippen LogP contribution in [0.25, 0.3) is 0 Å². The van der Waals surface area contributed by atoms with Crippen molar-refractivity contribution in [2.45, 2.75) is 19.4 Å². The lowest BCUT2D eigenvalue weighted by Crippen LogP contribution is -2.44. The Kier molecular flexibility index (Phi) is 5.31. The molecule has 0 aromatic heterocycles. The Hall–Kier alpha value is -0.233. The predicted molar refractivity (Wildman–Crippen MR) is 46.9 cm³/mol. The van der Waals surface area contributed by atoms with E-state index in [1.54, 1.807) is 0 Å². The first-order chi connectivity index (χ1) is 5.64. The molecule has 0 rings (SSSR count). The predicted octanol–water partition coefficient (Wildman–Crippen LogP) is 0.844. The molecule has 0 N–H and O–H groups in total. The van der Waals surface area contributed by atoms with E-state index in [4.69, 9.17) is 13.3 Å². The first-order valence-electron chi connectivity index (χ1n) is 3.81. The van der Waals surface area contributed by atoms with Gasteiger partial charge in [-0.3, -0.25) is 4.79 Å². The Labute approximate surface area is 74.2 Å². The van der Waals surface area contributed by atoms with Gasteiger partial charge in [0, 0.05) is 27.8 Å². The van der Waals surface area contributed by atoms with Crippen LogP contribution >= 0.6 is 0 Å². The van der Waals surface area contributed by atoms with E-state index in [-0.39, 0.29) is 11.8 Å². The number of ketones is 1. The topological polar surface area (TPSA) is 44.8 Å². The summed E-state index contributed by atoms with van der Waals surface area (Å²) in [6.45, 7) is 1.81. The average Bonchev–Trinajstić information content (AvgIpc) is 2.14. The minimum atomic E-state index is -2.65. The Morgan fingerprint density at radius 1 is 1.17 bits per heavy atom. The molecule has 0 heterocycles. The second-order valence-electron chi connectivity index (χ2n) is 2.36. The Balaban J connectivity index is 4.19. The second kappa shape index (κ2) is 5.42. The molecule has 0 bridgehead atoms. The Morgan fingerprint density at radius 2 is 1.58 bits per heavy atom. The fourth-order valence-electron chi connectivity index (χ4n) is 0.833. The molecular formula is C7H16O4Si. The number of Topliss-reactive ketones (excluding diaryl/α,β-unsaturated/α-hetero) is 1. The molecule has 0 aliphatic carbocycles. The van der Waals surface area contributed by atoms with Crippen LogP contribution in [0.5, 0.6) is 0 Å². The third kappa shape index (κ3) is 3.02. The Bertz CT molecular complexity index is 136. The molecule has 5 heteroatoms. The third-order valence-electron chi connectivity index (χ3n) is 1.74. The van der Waals surface area contributed by atoms with Crippen molar-refractivity contribution in [3.63, 3.8) is 0 Å². The molecule has 4 nitrogen and oxygen atoms in total. The van der Waals surface area contributed by atoms with Gasteiger partial charge in [0.2, 0.25) is 0 Å². The van der Waals surface area contributed by atoms with Gasteiger partial charge >= 0.3 is 8.80 Å². The maximum Gasteiger partial charge on any atom is 0.507 e. The van der Waals surface area contributed by atoms with Gasteiger partial charge in [-0.25, -0.2) is 0 Å². The zero-order valence-electron chi connectivity index (χ0n) is 8.05. The summed E-state index contributed by atoms with van der Waals surface area (Å²) < 4.78 is 15.2. The highest BCUT2D eigenvalue weighted by Crippen LogP contribution is 2.13. The fraction of sp³-hybridized carbons (Fsp3) is 0.857. The highest BCUT2D eigenvalue weighted by Gasteiger charge is 2.39. The van der Waals surface area contributed by atoms with E-state index in [0.717, 1.165) is 0 Å². The minimum absolute atomic E-state index is 0.104. The summed E-state index contributed by atoms with van der Waals surface area (Å²) in [5.74, 6) is 0.104. The number of hydrogen-bond donors (Lipinski definition) is 0. The van der Waals surface area contributed by atoms with Gasteiger partial charge in [0.25, 0.3) is 0 Å². The second-order valence-corrected chi connectivity index (χ2v) is 5.31. The van der Waals surface area contributed by atoms with E-state index in [2.05, 4.69) is 0 Å². The normalized spacial score (nSPS) is 11.7. The van der Waals surface area contributed by atoms with Crippen LogP contribution < -0.4 is 0 Å². The number of carbonyl (C=O) groups is 1. The summed E-state index contributed by atoms with van der Waals surface area (Å²) in [4.78, 5) is 11.1. The van der Waals surface area contributed by atoms with Crippen molar-refractivity contribution < 1.29 is 18.1 Å². The van der Waals surface area contributed by atoms with E-state index < -0.39 is 8.80 Å². The molecule has 0 aromatic carbocycles. The molecule has 0 spiro atoms. The summed E-state index contributed by atoms with van der Waals surface area (Å²) in [7, 11) is 1.86. The van der Waals surface area contributed by atoms with Gasteiger partial charge in [-0.15, -0.1) is 0 Å². The number of carbonyl (C=O) groups excluding carboxylic acids is 1. The van der Waals surface area contributed by atoms with Gasteiger partial charge in [-0.2, -0.15) is 0 Å². The van der Waals surface area contributed by atoms with Crippen LogP contribution in [-0.2, 0) is 18.1 Å². The zero-order valence-corrected chi connectivity index (χ0v) is 9.05. The zero-order chi connectivity index (χ0) is 9.61. The lowest BCUT2D eigenvalue weighted by atomic mass is 10.4. The standard InChI is InChI=1S/C7H16O4Si/c1-5-7(8)6-12(9-2,10-3)11-4/h5-6H2,1-4H3. The average molecular weight is 192 g/mol. The van der Waals surface area contributed by atoms with Crippen LogP contribution in [0.1, 0.15) is 13.3 Å². The third-order valence-corrected chi connectivity index (χ3v) is 4.43. The van der Waals surface area contributed by atoms with Crippen LogP contribution in [0.15, 0.2) is 0 Å². The monoisotopic (exact) mass is 192 g/mol. The van der Waals surface area contributed by atoms with Crippen molar-refractivity contribution in [3.8, 4) is 0 Å². The molecule has 0 aromatic rings. The SMILES string of the molecule is CCC(=O)C[Si](OC)(OC)OC. The molecule has 0 saturated heterocycles. The van der Waals surface area contributed by atoms with Crippen molar-refractivity contribution in [3.05, 3.63) is 0 Å². The van der Waals surface area contributed by atoms with Crippen molar-refractivity contribution in [1.82, 2.24) is 0 Å². The maximum atomic E-state index is 11.1. The largest absolute Gasteiger partial charge is 0.507 e. The molecule has 0 amide bonds. The molecule has 72 valence electrons. The summed E-state index contributed by atoms with van der Waals surface area (Å²) in [6.07, 6.45) is 0.491. The van der Waals surface area contributed by atoms with E-state index in [9.17, 15) is 4.79 Å². The van der Waals surface area contributed by atoms with Gasteiger partial charge in [0.1, 0.15) is 5.78 Å². The smallest absolute Gasteiger partial charge is 0.377 e. The molecule has 0 saturated carbocycles. The van der Waals surface area contributed by atoms with E-state index in [0.29, 0.717) is 6.42 Å². The van der Waals surface area contributed by atoms with E-state index in [1.807, 2.05) is 6.92 Å². The summed E-state index contributed by atoms with van der Waals surface area (Å²) >= 11 is 0. The van der Waals surface area contributed by atoms with Gasteiger partial charge < -0.3 is 13.3 Å². The lowest BCUT2D eigenvalue weighted by Gasteiger charge is -2.23. The number of hydrogen-bond acceptors (Lipinski definition) is 4. The Morgan fingerprint density at radius 3 is 1.83 bits per heavy atom. The molecule has 0 unspecified atom stereocenters. The maximum absolute atomic E-state index is 11.1. The highest BCUT2D eigenvalue weighted by molar-refractivity contribution is 6.64. The minimum Gasteiger partial charge on any atom is -0.377 e. The summed E-state index contributed by atoms with van der Waals surface area (Å²) in [6, 6.07) is 0.257. The van der Waals surface area contributed by atoms with Gasteiger partial charge in [-0.05, 0) is 0 Å². The first-order valence-corrected chi connectivity index (χ1v) is 5.74. The lowest BCUT2D eigenvalue weighted by molar-refractivity contribution is -0.117. The molecule has 0 aliphatic heterocycles. The molecular weight excluding hydrogens is 176 g/mol. The van der Waals surface area contributed by atoms with Crippen LogP contribution in [0.3, 0.4) is 0 Å². The summed E-state index contributed by atoms with van der Waals surface area (Å²) in [5.41, 5.74) is 0. The summed E-state index contributed by atoms with van der Waals surface area (Å²) in [5, 5.41) is 0. The van der Waals surface area contributed by atoms with Crippen molar-refractivity contribution in [2.24, 2.45) is 0 Å².